The van der Waals surface area contributed by atoms with Crippen molar-refractivity contribution in [1.82, 2.24) is 10.6 Å². The van der Waals surface area contributed by atoms with E-state index in [-0.39, 0.29) is 0 Å². The van der Waals surface area contributed by atoms with Gasteiger partial charge in [0.2, 0.25) is 0 Å². The van der Waals surface area contributed by atoms with Gasteiger partial charge in [-0.2, -0.15) is 11.8 Å². The highest BCUT2D eigenvalue weighted by Gasteiger charge is 2.14. The molecule has 0 aliphatic rings. The maximum atomic E-state index is 5.46. The van der Waals surface area contributed by atoms with E-state index in [0.717, 1.165) is 38.4 Å². The molecule has 0 heterocycles. The fraction of sp³-hybridized carbons (Fsp3) is 1.00. The minimum atomic E-state index is 0.352. The lowest BCUT2D eigenvalue weighted by atomic mass is 10.3. The number of nitrogens with two attached hydrogens (primary N) is 1. The summed E-state index contributed by atoms with van der Waals surface area (Å²) in [7, 11) is 0. The van der Waals surface area contributed by atoms with Crippen LogP contribution < -0.4 is 16.4 Å². The van der Waals surface area contributed by atoms with E-state index in [1.807, 2.05) is 11.8 Å². The topological polar surface area (TPSA) is 50.1 Å². The summed E-state index contributed by atoms with van der Waals surface area (Å²) in [5, 5.41) is 6.97. The van der Waals surface area contributed by atoms with Crippen LogP contribution in [0.3, 0.4) is 0 Å². The molecule has 3 nitrogen and oxygen atoms in total. The van der Waals surface area contributed by atoms with Crippen molar-refractivity contribution in [2.24, 2.45) is 5.73 Å². The number of likely N-dealkylation sites (N-methyl/N-ethyl adjacent to an activating group) is 1. The molecule has 16 heavy (non-hydrogen) atoms. The first-order valence-electron chi connectivity index (χ1n) is 6.27. The highest BCUT2D eigenvalue weighted by atomic mass is 32.2. The molecule has 0 unspecified atom stereocenters. The number of hydrogen-bond donors (Lipinski definition) is 3. The Balaban J connectivity index is 3.70. The Bertz CT molecular complexity index is 157. The number of nitrogens with one attached hydrogen (secondary N) is 2. The van der Waals surface area contributed by atoms with E-state index in [2.05, 4.69) is 38.3 Å². The van der Waals surface area contributed by atoms with Crippen molar-refractivity contribution in [2.75, 3.05) is 31.9 Å². The highest BCUT2D eigenvalue weighted by molar-refractivity contribution is 8.00. The molecule has 4 N–H and O–H groups in total. The Morgan fingerprint density at radius 1 is 1.31 bits per heavy atom. The van der Waals surface area contributed by atoms with E-state index in [0.29, 0.717) is 10.8 Å². The molecule has 0 radical (unpaired) electrons. The van der Waals surface area contributed by atoms with Crippen molar-refractivity contribution in [3.8, 4) is 0 Å². The summed E-state index contributed by atoms with van der Waals surface area (Å²) < 4.78 is 0.352. The second-order valence-electron chi connectivity index (χ2n) is 5.02. The minimum Gasteiger partial charge on any atom is -0.330 e. The maximum absolute atomic E-state index is 5.46. The predicted octanol–water partition coefficient (Wildman–Crippen LogP) is 1.43. The quantitative estimate of drug-likeness (QED) is 0.540. The van der Waals surface area contributed by atoms with E-state index in [9.17, 15) is 0 Å². The van der Waals surface area contributed by atoms with Crippen LogP contribution in [0.2, 0.25) is 0 Å². The lowest BCUT2D eigenvalue weighted by Gasteiger charge is -2.23. The zero-order valence-corrected chi connectivity index (χ0v) is 12.1. The zero-order chi connectivity index (χ0) is 12.4. The Morgan fingerprint density at radius 2 is 2.00 bits per heavy atom. The fourth-order valence-electron chi connectivity index (χ4n) is 1.33. The number of thioether (sulfide) groups is 1. The first kappa shape index (κ1) is 16.2. The summed E-state index contributed by atoms with van der Waals surface area (Å²) in [5.74, 6) is 1.16. The average Bonchev–Trinajstić information content (AvgIpc) is 2.19. The van der Waals surface area contributed by atoms with Crippen LogP contribution in [0.1, 0.15) is 34.1 Å². The molecular weight excluding hydrogens is 218 g/mol. The molecule has 0 aliphatic carbocycles. The van der Waals surface area contributed by atoms with E-state index in [1.165, 1.54) is 0 Å². The summed E-state index contributed by atoms with van der Waals surface area (Å²) in [6.45, 7) is 12.8. The summed E-state index contributed by atoms with van der Waals surface area (Å²) >= 11 is 2.02. The zero-order valence-electron chi connectivity index (χ0n) is 11.3. The Labute approximate surface area is 105 Å². The van der Waals surface area contributed by atoms with Gasteiger partial charge < -0.3 is 16.4 Å². The average molecular weight is 247 g/mol. The molecule has 4 heteroatoms. The SMILES string of the molecule is CCN[C@H](CNCCCN)CSC(C)(C)C. The normalized spacial score (nSPS) is 14.1. The molecule has 0 rings (SSSR count). The smallest absolute Gasteiger partial charge is 0.0283 e. The van der Waals surface area contributed by atoms with Gasteiger partial charge in [-0.1, -0.05) is 27.7 Å². The number of rotatable bonds is 9. The maximum Gasteiger partial charge on any atom is 0.0283 e. The lowest BCUT2D eigenvalue weighted by molar-refractivity contribution is 0.516. The standard InChI is InChI=1S/C12H29N3S/c1-5-15-11(9-14-8-6-7-13)10-16-12(2,3)4/h11,14-15H,5-10,13H2,1-4H3/t11-/m1/s1. The van der Waals surface area contributed by atoms with E-state index in [1.54, 1.807) is 0 Å². The predicted molar refractivity (Wildman–Crippen MR) is 76.2 cm³/mol. The van der Waals surface area contributed by atoms with Gasteiger partial charge in [0.1, 0.15) is 0 Å². The van der Waals surface area contributed by atoms with Crippen molar-refractivity contribution in [2.45, 2.75) is 44.9 Å². The summed E-state index contributed by atoms with van der Waals surface area (Å²) in [5.41, 5.74) is 5.46. The van der Waals surface area contributed by atoms with Crippen molar-refractivity contribution in [3.63, 3.8) is 0 Å². The molecule has 0 bridgehead atoms. The molecule has 0 saturated heterocycles. The molecule has 98 valence electrons. The molecule has 0 aromatic carbocycles. The molecule has 0 fully saturated rings. The van der Waals surface area contributed by atoms with Crippen LogP contribution in [0.15, 0.2) is 0 Å². The van der Waals surface area contributed by atoms with Crippen molar-refractivity contribution >= 4 is 11.8 Å². The lowest BCUT2D eigenvalue weighted by Crippen LogP contribution is -2.41. The summed E-state index contributed by atoms with van der Waals surface area (Å²) in [4.78, 5) is 0. The van der Waals surface area contributed by atoms with Gasteiger partial charge in [-0.05, 0) is 26.1 Å². The number of hydrogen-bond acceptors (Lipinski definition) is 4. The molecule has 0 spiro atoms. The van der Waals surface area contributed by atoms with Gasteiger partial charge in [0, 0.05) is 23.1 Å². The molecule has 0 aliphatic heterocycles. The van der Waals surface area contributed by atoms with Crippen LogP contribution in [-0.2, 0) is 0 Å². The van der Waals surface area contributed by atoms with E-state index >= 15 is 0 Å². The van der Waals surface area contributed by atoms with Crippen LogP contribution in [0, 0.1) is 0 Å². The van der Waals surface area contributed by atoms with E-state index < -0.39 is 0 Å². The van der Waals surface area contributed by atoms with Gasteiger partial charge in [0.15, 0.2) is 0 Å². The summed E-state index contributed by atoms with van der Waals surface area (Å²) in [6.07, 6.45) is 1.06. The van der Waals surface area contributed by atoms with Crippen LogP contribution in [-0.4, -0.2) is 42.7 Å². The van der Waals surface area contributed by atoms with Crippen LogP contribution in [0.4, 0.5) is 0 Å². The first-order valence-corrected chi connectivity index (χ1v) is 7.26. The fourth-order valence-corrected chi connectivity index (χ4v) is 2.27. The van der Waals surface area contributed by atoms with Crippen LogP contribution >= 0.6 is 11.8 Å². The largest absolute Gasteiger partial charge is 0.330 e. The third-order valence-electron chi connectivity index (χ3n) is 2.16. The molecule has 0 aromatic heterocycles. The first-order chi connectivity index (χ1) is 7.49. The van der Waals surface area contributed by atoms with Crippen molar-refractivity contribution < 1.29 is 0 Å². The Kier molecular flexibility index (Phi) is 9.41. The van der Waals surface area contributed by atoms with Crippen LogP contribution in [0.25, 0.3) is 0 Å². The highest BCUT2D eigenvalue weighted by Crippen LogP contribution is 2.23. The molecule has 1 atom stereocenters. The summed E-state index contributed by atoms with van der Waals surface area (Å²) in [6, 6.07) is 0.562. The monoisotopic (exact) mass is 247 g/mol. The third kappa shape index (κ3) is 10.7. The Hall–Kier alpha value is 0.230. The van der Waals surface area contributed by atoms with Gasteiger partial charge in [-0.3, -0.25) is 0 Å². The molecular formula is C12H29N3S. The van der Waals surface area contributed by atoms with Crippen molar-refractivity contribution in [1.29, 1.82) is 0 Å². The van der Waals surface area contributed by atoms with Crippen molar-refractivity contribution in [3.05, 3.63) is 0 Å². The van der Waals surface area contributed by atoms with Crippen LogP contribution in [0.5, 0.6) is 0 Å². The third-order valence-corrected chi connectivity index (χ3v) is 3.59. The van der Waals surface area contributed by atoms with Gasteiger partial charge in [0.05, 0.1) is 0 Å². The second kappa shape index (κ2) is 9.28. The minimum absolute atomic E-state index is 0.352. The second-order valence-corrected chi connectivity index (χ2v) is 6.87. The van der Waals surface area contributed by atoms with Gasteiger partial charge in [0.25, 0.3) is 0 Å². The van der Waals surface area contributed by atoms with E-state index in [4.69, 9.17) is 5.73 Å². The Morgan fingerprint density at radius 3 is 2.50 bits per heavy atom. The molecule has 0 saturated carbocycles. The molecule has 0 aromatic rings. The van der Waals surface area contributed by atoms with Gasteiger partial charge in [-0.15, -0.1) is 0 Å². The van der Waals surface area contributed by atoms with Gasteiger partial charge >= 0.3 is 0 Å². The van der Waals surface area contributed by atoms with Gasteiger partial charge in [-0.25, -0.2) is 0 Å². The molecule has 0 amide bonds.